The van der Waals surface area contributed by atoms with Gasteiger partial charge in [-0.3, -0.25) is 0 Å². The molecule has 0 aliphatic carbocycles. The zero-order valence-electron chi connectivity index (χ0n) is 8.55. The summed E-state index contributed by atoms with van der Waals surface area (Å²) in [4.78, 5) is 13.7. The van der Waals surface area contributed by atoms with Crippen molar-refractivity contribution in [1.82, 2.24) is 4.98 Å². The molecule has 0 atom stereocenters. The third-order valence-electron chi connectivity index (χ3n) is 2.51. The Labute approximate surface area is 83.1 Å². The van der Waals surface area contributed by atoms with Crippen LogP contribution in [0.1, 0.15) is 33.7 Å². The van der Waals surface area contributed by atoms with Crippen LogP contribution >= 0.6 is 0 Å². The molecule has 0 saturated carbocycles. The lowest BCUT2D eigenvalue weighted by atomic mass is 10.1. The zero-order chi connectivity index (χ0) is 10.7. The number of aryl methyl sites for hydroxylation is 1. The summed E-state index contributed by atoms with van der Waals surface area (Å²) in [5.74, 6) is -0.899. The Hall–Kier alpha value is -1.29. The van der Waals surface area contributed by atoms with Gasteiger partial charge >= 0.3 is 5.97 Å². The van der Waals surface area contributed by atoms with Crippen LogP contribution in [0.15, 0.2) is 0 Å². The highest BCUT2D eigenvalue weighted by molar-refractivity contribution is 5.88. The van der Waals surface area contributed by atoms with Crippen molar-refractivity contribution in [3.63, 3.8) is 0 Å². The van der Waals surface area contributed by atoms with Gasteiger partial charge in [-0.2, -0.15) is 0 Å². The van der Waals surface area contributed by atoms with Crippen molar-refractivity contribution in [3.8, 4) is 0 Å². The van der Waals surface area contributed by atoms with Gasteiger partial charge in [0.05, 0.1) is 0 Å². The van der Waals surface area contributed by atoms with Crippen LogP contribution in [0, 0.1) is 13.8 Å². The van der Waals surface area contributed by atoms with Crippen molar-refractivity contribution < 1.29 is 9.90 Å². The van der Waals surface area contributed by atoms with Gasteiger partial charge in [0.1, 0.15) is 5.69 Å². The largest absolute Gasteiger partial charge is 0.477 e. The predicted octanol–water partition coefficient (Wildman–Crippen LogP) is 1.22. The van der Waals surface area contributed by atoms with Gasteiger partial charge in [0.15, 0.2) is 0 Å². The molecule has 4 nitrogen and oxygen atoms in total. The SMILES string of the molecule is Cc1c(CCCN)[nH]c(C(=O)O)c1C. The van der Waals surface area contributed by atoms with Gasteiger partial charge in [0.25, 0.3) is 0 Å². The molecule has 78 valence electrons. The molecular weight excluding hydrogens is 180 g/mol. The number of hydrogen-bond donors (Lipinski definition) is 3. The number of aromatic amines is 1. The molecule has 0 aliphatic heterocycles. The summed E-state index contributed by atoms with van der Waals surface area (Å²) in [6.45, 7) is 4.38. The Kier molecular flexibility index (Phi) is 3.30. The molecule has 1 rings (SSSR count). The van der Waals surface area contributed by atoms with E-state index in [1.165, 1.54) is 0 Å². The van der Waals surface area contributed by atoms with Crippen molar-refractivity contribution in [2.75, 3.05) is 6.54 Å². The van der Waals surface area contributed by atoms with Crippen LogP contribution in [0.5, 0.6) is 0 Å². The van der Waals surface area contributed by atoms with Gasteiger partial charge in [-0.05, 0) is 44.4 Å². The number of rotatable bonds is 4. The van der Waals surface area contributed by atoms with Gasteiger partial charge in [-0.25, -0.2) is 4.79 Å². The second-order valence-electron chi connectivity index (χ2n) is 3.43. The van der Waals surface area contributed by atoms with Crippen molar-refractivity contribution in [3.05, 3.63) is 22.5 Å². The molecule has 14 heavy (non-hydrogen) atoms. The predicted molar refractivity (Wildman–Crippen MR) is 54.6 cm³/mol. The lowest BCUT2D eigenvalue weighted by molar-refractivity contribution is 0.0690. The van der Waals surface area contributed by atoms with E-state index in [1.54, 1.807) is 0 Å². The second kappa shape index (κ2) is 4.28. The first-order valence-corrected chi connectivity index (χ1v) is 4.69. The number of H-pyrrole nitrogens is 1. The second-order valence-corrected chi connectivity index (χ2v) is 3.43. The fourth-order valence-corrected chi connectivity index (χ4v) is 1.49. The van der Waals surface area contributed by atoms with Crippen LogP contribution in [0.3, 0.4) is 0 Å². The number of aromatic carboxylic acids is 1. The minimum atomic E-state index is -0.899. The number of carbonyl (C=O) groups is 1. The Morgan fingerprint density at radius 3 is 2.50 bits per heavy atom. The fraction of sp³-hybridized carbons (Fsp3) is 0.500. The van der Waals surface area contributed by atoms with Crippen LogP contribution in [0.2, 0.25) is 0 Å². The number of hydrogen-bond acceptors (Lipinski definition) is 2. The van der Waals surface area contributed by atoms with E-state index in [0.717, 1.165) is 29.7 Å². The minimum Gasteiger partial charge on any atom is -0.477 e. The van der Waals surface area contributed by atoms with Gasteiger partial charge in [0, 0.05) is 5.69 Å². The highest BCUT2D eigenvalue weighted by Crippen LogP contribution is 2.18. The quantitative estimate of drug-likeness (QED) is 0.677. The molecule has 0 saturated heterocycles. The van der Waals surface area contributed by atoms with Crippen molar-refractivity contribution in [2.45, 2.75) is 26.7 Å². The molecule has 4 N–H and O–H groups in total. The number of nitrogens with one attached hydrogen (secondary N) is 1. The Morgan fingerprint density at radius 1 is 1.43 bits per heavy atom. The molecule has 0 fully saturated rings. The van der Waals surface area contributed by atoms with Crippen LogP contribution in [0.4, 0.5) is 0 Å². The topological polar surface area (TPSA) is 79.1 Å². The Balaban J connectivity index is 2.96. The van der Waals surface area contributed by atoms with Crippen LogP contribution in [-0.4, -0.2) is 22.6 Å². The summed E-state index contributed by atoms with van der Waals surface area (Å²) in [5, 5.41) is 8.87. The molecule has 0 bridgehead atoms. The molecule has 0 unspecified atom stereocenters. The zero-order valence-corrected chi connectivity index (χ0v) is 8.55. The lowest BCUT2D eigenvalue weighted by Crippen LogP contribution is -2.02. The third kappa shape index (κ3) is 1.96. The molecular formula is C10H16N2O2. The van der Waals surface area contributed by atoms with E-state index < -0.39 is 5.97 Å². The normalized spacial score (nSPS) is 10.5. The molecule has 0 radical (unpaired) electrons. The average molecular weight is 196 g/mol. The molecule has 1 aromatic rings. The van der Waals surface area contributed by atoms with E-state index in [9.17, 15) is 4.79 Å². The van der Waals surface area contributed by atoms with E-state index in [1.807, 2.05) is 13.8 Å². The first-order chi connectivity index (χ1) is 6.57. The van der Waals surface area contributed by atoms with Gasteiger partial charge in [0.2, 0.25) is 0 Å². The Morgan fingerprint density at radius 2 is 2.07 bits per heavy atom. The highest BCUT2D eigenvalue weighted by atomic mass is 16.4. The maximum absolute atomic E-state index is 10.8. The van der Waals surface area contributed by atoms with Crippen LogP contribution in [-0.2, 0) is 6.42 Å². The van der Waals surface area contributed by atoms with Gasteiger partial charge in [-0.15, -0.1) is 0 Å². The maximum Gasteiger partial charge on any atom is 0.352 e. The molecule has 4 heteroatoms. The minimum absolute atomic E-state index is 0.300. The summed E-state index contributed by atoms with van der Waals surface area (Å²) in [6, 6.07) is 0. The molecule has 0 spiro atoms. The Bertz CT molecular complexity index is 342. The van der Waals surface area contributed by atoms with Crippen molar-refractivity contribution in [2.24, 2.45) is 5.73 Å². The molecule has 1 aromatic heterocycles. The van der Waals surface area contributed by atoms with E-state index in [-0.39, 0.29) is 0 Å². The summed E-state index contributed by atoms with van der Waals surface area (Å²) < 4.78 is 0. The number of carboxylic acids is 1. The standard InChI is InChI=1S/C10H16N2O2/c1-6-7(2)9(10(13)14)12-8(6)4-3-5-11/h12H,3-5,11H2,1-2H3,(H,13,14). The van der Waals surface area contributed by atoms with Crippen LogP contribution in [0.25, 0.3) is 0 Å². The monoisotopic (exact) mass is 196 g/mol. The van der Waals surface area contributed by atoms with Gasteiger partial charge in [-0.1, -0.05) is 0 Å². The first kappa shape index (κ1) is 10.8. The number of aromatic nitrogens is 1. The van der Waals surface area contributed by atoms with Crippen molar-refractivity contribution >= 4 is 5.97 Å². The van der Waals surface area contributed by atoms with Crippen LogP contribution < -0.4 is 5.73 Å². The summed E-state index contributed by atoms with van der Waals surface area (Å²) in [7, 11) is 0. The number of nitrogens with two attached hydrogens (primary N) is 1. The van der Waals surface area contributed by atoms with E-state index in [4.69, 9.17) is 10.8 Å². The van der Waals surface area contributed by atoms with Gasteiger partial charge < -0.3 is 15.8 Å². The molecule has 0 aromatic carbocycles. The summed E-state index contributed by atoms with van der Waals surface area (Å²) >= 11 is 0. The maximum atomic E-state index is 10.8. The number of carboxylic acid groups (broad SMARTS) is 1. The lowest BCUT2D eigenvalue weighted by Gasteiger charge is -1.97. The summed E-state index contributed by atoms with van der Waals surface area (Å²) in [5.41, 5.74) is 8.55. The highest BCUT2D eigenvalue weighted by Gasteiger charge is 2.14. The van der Waals surface area contributed by atoms with E-state index in [0.29, 0.717) is 12.2 Å². The third-order valence-corrected chi connectivity index (χ3v) is 2.51. The van der Waals surface area contributed by atoms with E-state index >= 15 is 0 Å². The molecule has 0 aliphatic rings. The summed E-state index contributed by atoms with van der Waals surface area (Å²) in [6.07, 6.45) is 1.69. The van der Waals surface area contributed by atoms with E-state index in [2.05, 4.69) is 4.98 Å². The van der Waals surface area contributed by atoms with Crippen molar-refractivity contribution in [1.29, 1.82) is 0 Å². The molecule has 1 heterocycles. The average Bonchev–Trinajstić information content (AvgIpc) is 2.42. The fourth-order valence-electron chi connectivity index (χ4n) is 1.49. The molecule has 0 amide bonds. The first-order valence-electron chi connectivity index (χ1n) is 4.69. The smallest absolute Gasteiger partial charge is 0.352 e.